The highest BCUT2D eigenvalue weighted by molar-refractivity contribution is 7.92. The summed E-state index contributed by atoms with van der Waals surface area (Å²) in [7, 11) is 2.43. The molecule has 2 aromatic carbocycles. The van der Waals surface area contributed by atoms with Crippen molar-refractivity contribution in [3.05, 3.63) is 54.7 Å². The first-order chi connectivity index (χ1) is 15.2. The molecule has 166 valence electrons. The Labute approximate surface area is 186 Å². The fraction of sp³-hybridized carbons (Fsp3) is 0.190. The Bertz CT molecular complexity index is 1370. The van der Waals surface area contributed by atoms with Crippen molar-refractivity contribution in [3.63, 3.8) is 0 Å². The number of benzene rings is 2. The SMILES string of the molecule is CNc1nc2cc(N(C)c3ccnc(Nc4ccc(NS(C)(=O)=O)cc4)n3)ccc2n1C. The monoisotopic (exact) mass is 452 g/mol. The van der Waals surface area contributed by atoms with Crippen LogP contribution < -0.4 is 20.3 Å². The second kappa shape index (κ2) is 8.35. The van der Waals surface area contributed by atoms with E-state index < -0.39 is 10.0 Å². The summed E-state index contributed by atoms with van der Waals surface area (Å²) in [5, 5.41) is 6.22. The van der Waals surface area contributed by atoms with Crippen LogP contribution in [-0.4, -0.2) is 48.3 Å². The Hall–Kier alpha value is -3.86. The zero-order valence-electron chi connectivity index (χ0n) is 18.2. The van der Waals surface area contributed by atoms with Gasteiger partial charge in [-0.05, 0) is 48.5 Å². The molecular formula is C21H24N8O2S. The number of hydrogen-bond donors (Lipinski definition) is 3. The number of sulfonamides is 1. The van der Waals surface area contributed by atoms with E-state index >= 15 is 0 Å². The number of aryl methyl sites for hydroxylation is 1. The number of fused-ring (bicyclic) bond motifs is 1. The normalized spacial score (nSPS) is 11.4. The molecule has 2 aromatic heterocycles. The molecule has 0 aliphatic heterocycles. The minimum Gasteiger partial charge on any atom is -0.359 e. The molecule has 0 aliphatic rings. The van der Waals surface area contributed by atoms with Crippen LogP contribution in [0, 0.1) is 0 Å². The van der Waals surface area contributed by atoms with Gasteiger partial charge in [0.2, 0.25) is 21.9 Å². The Morgan fingerprint density at radius 2 is 1.72 bits per heavy atom. The van der Waals surface area contributed by atoms with Crippen molar-refractivity contribution in [2.24, 2.45) is 7.05 Å². The quantitative estimate of drug-likeness (QED) is 0.391. The smallest absolute Gasteiger partial charge is 0.229 e. The largest absolute Gasteiger partial charge is 0.359 e. The van der Waals surface area contributed by atoms with Crippen LogP contribution in [0.3, 0.4) is 0 Å². The fourth-order valence-corrected chi connectivity index (χ4v) is 3.88. The number of aromatic nitrogens is 4. The van der Waals surface area contributed by atoms with Gasteiger partial charge in [-0.15, -0.1) is 0 Å². The zero-order chi connectivity index (χ0) is 22.9. The summed E-state index contributed by atoms with van der Waals surface area (Å²) in [6, 6.07) is 14.7. The molecule has 0 bridgehead atoms. The molecule has 0 fully saturated rings. The predicted octanol–water partition coefficient (Wildman–Crippen LogP) is 3.29. The lowest BCUT2D eigenvalue weighted by Crippen LogP contribution is -2.12. The van der Waals surface area contributed by atoms with E-state index in [0.717, 1.165) is 34.6 Å². The van der Waals surface area contributed by atoms with Crippen LogP contribution in [0.4, 0.5) is 34.8 Å². The van der Waals surface area contributed by atoms with Crippen molar-refractivity contribution in [1.29, 1.82) is 0 Å². The Kier molecular flexibility index (Phi) is 5.57. The van der Waals surface area contributed by atoms with Gasteiger partial charge in [0.05, 0.1) is 17.3 Å². The average Bonchev–Trinajstić information content (AvgIpc) is 3.09. The first kappa shape index (κ1) is 21.4. The van der Waals surface area contributed by atoms with E-state index in [0.29, 0.717) is 17.5 Å². The Morgan fingerprint density at radius 1 is 1.00 bits per heavy atom. The molecule has 0 radical (unpaired) electrons. The van der Waals surface area contributed by atoms with E-state index in [4.69, 9.17) is 0 Å². The molecule has 0 saturated heterocycles. The van der Waals surface area contributed by atoms with E-state index in [-0.39, 0.29) is 0 Å². The molecule has 32 heavy (non-hydrogen) atoms. The first-order valence-electron chi connectivity index (χ1n) is 9.79. The molecule has 0 saturated carbocycles. The van der Waals surface area contributed by atoms with Crippen molar-refractivity contribution in [2.45, 2.75) is 0 Å². The third kappa shape index (κ3) is 4.57. The lowest BCUT2D eigenvalue weighted by molar-refractivity contribution is 0.607. The third-order valence-corrected chi connectivity index (χ3v) is 5.51. The first-order valence-corrected chi connectivity index (χ1v) is 11.7. The van der Waals surface area contributed by atoms with E-state index in [2.05, 4.69) is 30.3 Å². The minimum atomic E-state index is -3.32. The van der Waals surface area contributed by atoms with E-state index in [9.17, 15) is 8.42 Å². The van der Waals surface area contributed by atoms with E-state index in [1.807, 2.05) is 54.9 Å². The summed E-state index contributed by atoms with van der Waals surface area (Å²) in [5.41, 5.74) is 4.08. The second-order valence-corrected chi connectivity index (χ2v) is 9.04. The highest BCUT2D eigenvalue weighted by atomic mass is 32.2. The number of rotatable bonds is 7. The molecule has 0 spiro atoms. The zero-order valence-corrected chi connectivity index (χ0v) is 19.0. The lowest BCUT2D eigenvalue weighted by Gasteiger charge is -2.19. The number of imidazole rings is 1. The van der Waals surface area contributed by atoms with Crippen molar-refractivity contribution in [1.82, 2.24) is 19.5 Å². The molecule has 3 N–H and O–H groups in total. The summed E-state index contributed by atoms with van der Waals surface area (Å²) in [5.74, 6) is 1.93. The Morgan fingerprint density at radius 3 is 2.41 bits per heavy atom. The summed E-state index contributed by atoms with van der Waals surface area (Å²) in [4.78, 5) is 15.4. The van der Waals surface area contributed by atoms with E-state index in [1.165, 1.54) is 0 Å². The highest BCUT2D eigenvalue weighted by Gasteiger charge is 2.12. The predicted molar refractivity (Wildman–Crippen MR) is 129 cm³/mol. The van der Waals surface area contributed by atoms with Gasteiger partial charge in [0, 0.05) is 44.4 Å². The summed E-state index contributed by atoms with van der Waals surface area (Å²) in [6.07, 6.45) is 2.79. The maximum Gasteiger partial charge on any atom is 0.229 e. The van der Waals surface area contributed by atoms with Crippen LogP contribution in [0.2, 0.25) is 0 Å². The third-order valence-electron chi connectivity index (χ3n) is 4.90. The van der Waals surface area contributed by atoms with Crippen LogP contribution in [0.5, 0.6) is 0 Å². The van der Waals surface area contributed by atoms with Crippen LogP contribution in [0.15, 0.2) is 54.7 Å². The molecule has 0 amide bonds. The summed E-state index contributed by atoms with van der Waals surface area (Å²) < 4.78 is 27.1. The maximum absolute atomic E-state index is 11.3. The van der Waals surface area contributed by atoms with Gasteiger partial charge in [0.25, 0.3) is 0 Å². The fourth-order valence-electron chi connectivity index (χ4n) is 3.31. The highest BCUT2D eigenvalue weighted by Crippen LogP contribution is 2.28. The molecule has 4 rings (SSSR count). The summed E-state index contributed by atoms with van der Waals surface area (Å²) in [6.45, 7) is 0. The molecule has 4 aromatic rings. The minimum absolute atomic E-state index is 0.426. The van der Waals surface area contributed by atoms with Crippen LogP contribution in [-0.2, 0) is 17.1 Å². The Balaban J connectivity index is 1.54. The van der Waals surface area contributed by atoms with E-state index in [1.54, 1.807) is 30.5 Å². The number of nitrogens with zero attached hydrogens (tertiary/aromatic N) is 5. The van der Waals surface area contributed by atoms with Crippen LogP contribution >= 0.6 is 0 Å². The topological polar surface area (TPSA) is 117 Å². The van der Waals surface area contributed by atoms with Gasteiger partial charge in [-0.1, -0.05) is 0 Å². The van der Waals surface area contributed by atoms with Crippen molar-refractivity contribution in [3.8, 4) is 0 Å². The standard InChI is InChI=1S/C21H24N8O2S/c1-22-21-25-17-13-16(9-10-18(17)29(21)3)28(2)19-11-12-23-20(26-19)24-14-5-7-15(8-6-14)27-32(4,30)31/h5-13,27H,1-4H3,(H,22,25)(H,23,24,26). The second-order valence-electron chi connectivity index (χ2n) is 7.29. The van der Waals surface area contributed by atoms with Gasteiger partial charge in [0.15, 0.2) is 0 Å². The molecule has 11 heteroatoms. The van der Waals surface area contributed by atoms with Crippen LogP contribution in [0.1, 0.15) is 0 Å². The van der Waals surface area contributed by atoms with Crippen LogP contribution in [0.25, 0.3) is 11.0 Å². The molecule has 0 unspecified atom stereocenters. The number of nitrogens with one attached hydrogen (secondary N) is 3. The number of hydrogen-bond acceptors (Lipinski definition) is 8. The average molecular weight is 453 g/mol. The number of anilines is 6. The molecule has 0 aliphatic carbocycles. The van der Waals surface area contributed by atoms with Gasteiger partial charge >= 0.3 is 0 Å². The summed E-state index contributed by atoms with van der Waals surface area (Å²) >= 11 is 0. The van der Waals surface area contributed by atoms with Gasteiger partial charge in [-0.2, -0.15) is 4.98 Å². The molecule has 0 atom stereocenters. The van der Waals surface area contributed by atoms with Gasteiger partial charge < -0.3 is 20.1 Å². The maximum atomic E-state index is 11.3. The lowest BCUT2D eigenvalue weighted by atomic mass is 10.2. The van der Waals surface area contributed by atoms with Gasteiger partial charge in [-0.3, -0.25) is 4.72 Å². The van der Waals surface area contributed by atoms with Crippen molar-refractivity contribution < 1.29 is 8.42 Å². The molecular weight excluding hydrogens is 428 g/mol. The van der Waals surface area contributed by atoms with Gasteiger partial charge in [0.1, 0.15) is 5.82 Å². The molecule has 10 nitrogen and oxygen atoms in total. The van der Waals surface area contributed by atoms with Gasteiger partial charge in [-0.25, -0.2) is 18.4 Å². The molecule has 2 heterocycles. The van der Waals surface area contributed by atoms with Crippen molar-refractivity contribution in [2.75, 3.05) is 40.6 Å². The van der Waals surface area contributed by atoms with Crippen molar-refractivity contribution >= 4 is 55.8 Å².